The van der Waals surface area contributed by atoms with Crippen LogP contribution >= 0.6 is 23.4 Å². The molecule has 2 fully saturated rings. The van der Waals surface area contributed by atoms with Crippen LogP contribution in [0.4, 0.5) is 13.2 Å². The zero-order valence-electron chi connectivity index (χ0n) is 11.5. The molecule has 1 saturated heterocycles. The van der Waals surface area contributed by atoms with Crippen LogP contribution in [0.15, 0.2) is 0 Å². The van der Waals surface area contributed by atoms with Crippen LogP contribution in [0, 0.1) is 11.8 Å². The Balaban J connectivity index is 1.99. The first-order valence-corrected chi connectivity index (χ1v) is 8.43. The van der Waals surface area contributed by atoms with Crippen molar-refractivity contribution in [3.63, 3.8) is 0 Å². The molecule has 4 nitrogen and oxygen atoms in total. The number of carbonyl (C=O) groups is 3. The normalized spacial score (nSPS) is 31.2. The summed E-state index contributed by atoms with van der Waals surface area (Å²) in [4.78, 5) is 35.4. The molecule has 124 valence electrons. The molecule has 0 spiro atoms. The van der Waals surface area contributed by atoms with Crippen LogP contribution in [-0.2, 0) is 14.4 Å². The molecule has 0 bridgehead atoms. The number of hydrogen-bond donors (Lipinski definition) is 1. The highest BCUT2D eigenvalue weighted by molar-refractivity contribution is 8.00. The average Bonchev–Trinajstić information content (AvgIpc) is 2.39. The molecule has 3 unspecified atom stereocenters. The van der Waals surface area contributed by atoms with E-state index in [0.717, 1.165) is 11.8 Å². The number of amides is 1. The van der Waals surface area contributed by atoms with Crippen LogP contribution in [0.2, 0.25) is 0 Å². The number of Topliss-reactive ketones (excluding diaryl/α,β-unsaturated/α-hetero) is 2. The van der Waals surface area contributed by atoms with E-state index in [1.807, 2.05) is 0 Å². The van der Waals surface area contributed by atoms with Crippen molar-refractivity contribution in [3.8, 4) is 0 Å². The molecule has 22 heavy (non-hydrogen) atoms. The molecule has 0 radical (unpaired) electrons. The van der Waals surface area contributed by atoms with Crippen LogP contribution in [-0.4, -0.2) is 46.6 Å². The van der Waals surface area contributed by atoms with Gasteiger partial charge >= 0.3 is 6.18 Å². The standard InChI is InChI=1S/C13H15ClF3NO3S/c14-8-2-1-6(3-7(8)13(15,16)17)18-12(21)11-9(19)4-22-5-10(11)20/h6-8,11H,1-5H2,(H,18,21). The van der Waals surface area contributed by atoms with Gasteiger partial charge in [-0.15, -0.1) is 23.4 Å². The third-order valence-corrected chi connectivity index (χ3v) is 5.43. The van der Waals surface area contributed by atoms with Gasteiger partial charge in [-0.1, -0.05) is 0 Å². The van der Waals surface area contributed by atoms with Crippen LogP contribution < -0.4 is 5.32 Å². The third-order valence-electron chi connectivity index (χ3n) is 3.93. The summed E-state index contributed by atoms with van der Waals surface area (Å²) in [6.07, 6.45) is -4.33. The number of rotatable bonds is 2. The molecule has 2 aliphatic rings. The summed E-state index contributed by atoms with van der Waals surface area (Å²) >= 11 is 6.86. The van der Waals surface area contributed by atoms with Gasteiger partial charge in [-0.25, -0.2) is 0 Å². The van der Waals surface area contributed by atoms with Gasteiger partial charge in [-0.2, -0.15) is 13.2 Å². The number of halogens is 4. The lowest BCUT2D eigenvalue weighted by Crippen LogP contribution is -2.50. The molecule has 3 atom stereocenters. The summed E-state index contributed by atoms with van der Waals surface area (Å²) in [5.74, 6) is -4.68. The van der Waals surface area contributed by atoms with Gasteiger partial charge in [0.2, 0.25) is 5.91 Å². The Labute approximate surface area is 134 Å². The van der Waals surface area contributed by atoms with E-state index in [-0.39, 0.29) is 24.3 Å². The van der Waals surface area contributed by atoms with Gasteiger partial charge in [0.05, 0.1) is 17.4 Å². The lowest BCUT2D eigenvalue weighted by molar-refractivity contribution is -0.182. The number of hydrogen-bond acceptors (Lipinski definition) is 4. The van der Waals surface area contributed by atoms with Crippen molar-refractivity contribution in [1.82, 2.24) is 5.32 Å². The summed E-state index contributed by atoms with van der Waals surface area (Å²) in [5.41, 5.74) is 0. The molecule has 0 aromatic heterocycles. The second kappa shape index (κ2) is 6.78. The fourth-order valence-electron chi connectivity index (χ4n) is 2.78. The van der Waals surface area contributed by atoms with Crippen LogP contribution in [0.5, 0.6) is 0 Å². The number of carbonyl (C=O) groups excluding carboxylic acids is 3. The third kappa shape index (κ3) is 3.95. The average molecular weight is 358 g/mol. The SMILES string of the molecule is O=C1CSCC(=O)C1C(=O)NC1CCC(Cl)C(C(F)(F)F)C1. The highest BCUT2D eigenvalue weighted by Gasteiger charge is 2.48. The maximum absolute atomic E-state index is 12.9. The molecule has 9 heteroatoms. The van der Waals surface area contributed by atoms with Gasteiger partial charge in [0.15, 0.2) is 17.5 Å². The first kappa shape index (κ1) is 17.6. The van der Waals surface area contributed by atoms with Gasteiger partial charge in [0.1, 0.15) is 0 Å². The fourth-order valence-corrected chi connectivity index (χ4v) is 3.99. The molecule has 0 aromatic rings. The van der Waals surface area contributed by atoms with Crippen molar-refractivity contribution < 1.29 is 27.6 Å². The van der Waals surface area contributed by atoms with Crippen molar-refractivity contribution in [2.45, 2.75) is 36.9 Å². The van der Waals surface area contributed by atoms with Crippen LogP contribution in [0.1, 0.15) is 19.3 Å². The Kier molecular flexibility index (Phi) is 5.42. The lowest BCUT2D eigenvalue weighted by Gasteiger charge is -2.35. The van der Waals surface area contributed by atoms with Gasteiger partial charge in [-0.05, 0) is 19.3 Å². The van der Waals surface area contributed by atoms with E-state index in [9.17, 15) is 27.6 Å². The van der Waals surface area contributed by atoms with Crippen LogP contribution in [0.25, 0.3) is 0 Å². The van der Waals surface area contributed by atoms with Gasteiger partial charge in [-0.3, -0.25) is 14.4 Å². The zero-order valence-corrected chi connectivity index (χ0v) is 13.1. The summed E-state index contributed by atoms with van der Waals surface area (Å²) in [6, 6.07) is -0.718. The molecule has 1 amide bonds. The minimum absolute atomic E-state index is 0.0728. The minimum atomic E-state index is -4.43. The molecular formula is C13H15ClF3NO3S. The summed E-state index contributed by atoms with van der Waals surface area (Å²) < 4.78 is 38.6. The Hall–Kier alpha value is -0.760. The summed E-state index contributed by atoms with van der Waals surface area (Å²) in [7, 11) is 0. The highest BCUT2D eigenvalue weighted by Crippen LogP contribution is 2.40. The Morgan fingerprint density at radius 2 is 1.77 bits per heavy atom. The zero-order chi connectivity index (χ0) is 16.5. The maximum atomic E-state index is 12.9. The van der Waals surface area contributed by atoms with E-state index in [2.05, 4.69) is 5.32 Å². The molecule has 2 rings (SSSR count). The number of nitrogens with one attached hydrogen (secondary N) is 1. The number of thioether (sulfide) groups is 1. The molecular weight excluding hydrogens is 343 g/mol. The smallest absolute Gasteiger partial charge is 0.352 e. The van der Waals surface area contributed by atoms with E-state index < -0.39 is 46.9 Å². The lowest BCUT2D eigenvalue weighted by atomic mass is 9.84. The van der Waals surface area contributed by atoms with E-state index in [4.69, 9.17) is 11.6 Å². The molecule has 1 heterocycles. The number of ketones is 2. The first-order valence-electron chi connectivity index (χ1n) is 6.84. The van der Waals surface area contributed by atoms with Crippen molar-refractivity contribution in [3.05, 3.63) is 0 Å². The summed E-state index contributed by atoms with van der Waals surface area (Å²) in [5, 5.41) is 1.41. The Morgan fingerprint density at radius 3 is 2.32 bits per heavy atom. The highest BCUT2D eigenvalue weighted by atomic mass is 35.5. The van der Waals surface area contributed by atoms with E-state index in [0.29, 0.717) is 6.42 Å². The molecule has 1 aliphatic heterocycles. The topological polar surface area (TPSA) is 63.2 Å². The second-order valence-electron chi connectivity index (χ2n) is 5.54. The van der Waals surface area contributed by atoms with Crippen molar-refractivity contribution >= 4 is 40.8 Å². The molecule has 1 saturated carbocycles. The van der Waals surface area contributed by atoms with Crippen molar-refractivity contribution in [1.29, 1.82) is 0 Å². The number of alkyl halides is 4. The monoisotopic (exact) mass is 357 g/mol. The van der Waals surface area contributed by atoms with E-state index in [1.54, 1.807) is 0 Å². The minimum Gasteiger partial charge on any atom is -0.352 e. The van der Waals surface area contributed by atoms with Crippen LogP contribution in [0.3, 0.4) is 0 Å². The molecule has 1 aliphatic carbocycles. The Bertz CT molecular complexity index is 470. The predicted octanol–water partition coefficient (Wildman–Crippen LogP) is 1.94. The fraction of sp³-hybridized carbons (Fsp3) is 0.769. The van der Waals surface area contributed by atoms with Crippen molar-refractivity contribution in [2.75, 3.05) is 11.5 Å². The molecule has 0 aromatic carbocycles. The predicted molar refractivity (Wildman–Crippen MR) is 75.8 cm³/mol. The van der Waals surface area contributed by atoms with E-state index >= 15 is 0 Å². The van der Waals surface area contributed by atoms with E-state index in [1.165, 1.54) is 0 Å². The largest absolute Gasteiger partial charge is 0.393 e. The van der Waals surface area contributed by atoms with Gasteiger partial charge in [0, 0.05) is 11.4 Å². The quantitative estimate of drug-likeness (QED) is 0.606. The summed E-state index contributed by atoms with van der Waals surface area (Å²) in [6.45, 7) is 0. The maximum Gasteiger partial charge on any atom is 0.393 e. The molecule has 1 N–H and O–H groups in total. The van der Waals surface area contributed by atoms with Gasteiger partial charge < -0.3 is 5.32 Å². The van der Waals surface area contributed by atoms with Crippen molar-refractivity contribution in [2.24, 2.45) is 11.8 Å². The second-order valence-corrected chi connectivity index (χ2v) is 7.09. The first-order chi connectivity index (χ1) is 10.2. The van der Waals surface area contributed by atoms with Gasteiger partial charge in [0.25, 0.3) is 0 Å². The Morgan fingerprint density at radius 1 is 1.18 bits per heavy atom.